The molecule has 180 valence electrons. The highest BCUT2D eigenvalue weighted by Crippen LogP contribution is 2.34. The summed E-state index contributed by atoms with van der Waals surface area (Å²) in [5.74, 6) is 1.14. The van der Waals surface area contributed by atoms with E-state index < -0.39 is 0 Å². The van der Waals surface area contributed by atoms with Crippen molar-refractivity contribution in [3.8, 4) is 0 Å². The fourth-order valence-electron chi connectivity index (χ4n) is 4.57. The molecule has 0 radical (unpaired) electrons. The number of carbonyl (C=O) groups is 1. The molecule has 0 aliphatic heterocycles. The number of benzene rings is 2. The first-order valence-corrected chi connectivity index (χ1v) is 12.3. The first-order chi connectivity index (χ1) is 16.2. The van der Waals surface area contributed by atoms with Crippen LogP contribution in [0.15, 0.2) is 48.2 Å². The molecule has 0 bridgehead atoms. The third-order valence-electron chi connectivity index (χ3n) is 6.45. The molecule has 0 spiro atoms. The van der Waals surface area contributed by atoms with Crippen molar-refractivity contribution < 1.29 is 4.79 Å². The number of hydrogen-bond donors (Lipinski definition) is 0. The van der Waals surface area contributed by atoms with Crippen molar-refractivity contribution in [1.82, 2.24) is 9.55 Å². The number of aryl methyl sites for hydroxylation is 2. The zero-order valence-corrected chi connectivity index (χ0v) is 21.8. The first-order valence-electron chi connectivity index (χ1n) is 12.3. The van der Waals surface area contributed by atoms with Crippen LogP contribution in [0.1, 0.15) is 75.8 Å². The number of imidazole rings is 1. The van der Waals surface area contributed by atoms with Crippen LogP contribution in [0.3, 0.4) is 0 Å². The average molecular weight is 459 g/mol. The summed E-state index contributed by atoms with van der Waals surface area (Å²) in [7, 11) is 1.80. The predicted molar refractivity (Wildman–Crippen MR) is 145 cm³/mol. The van der Waals surface area contributed by atoms with Crippen molar-refractivity contribution in [3.63, 3.8) is 0 Å². The van der Waals surface area contributed by atoms with E-state index in [2.05, 4.69) is 79.1 Å². The number of Topliss-reactive ketones (excluding diaryl/α,β-unsaturated/α-hetero) is 1. The molecule has 0 aliphatic rings. The summed E-state index contributed by atoms with van der Waals surface area (Å²) in [6.07, 6.45) is 4.78. The number of carbonyl (C=O) groups excluding carboxylic acids is 1. The molecule has 0 aliphatic carbocycles. The fourth-order valence-corrected chi connectivity index (χ4v) is 4.57. The van der Waals surface area contributed by atoms with E-state index in [0.717, 1.165) is 57.8 Å². The normalized spacial score (nSPS) is 11.9. The van der Waals surface area contributed by atoms with Gasteiger partial charge in [0.25, 0.3) is 0 Å². The smallest absolute Gasteiger partial charge is 0.137 e. The zero-order valence-electron chi connectivity index (χ0n) is 21.8. The van der Waals surface area contributed by atoms with E-state index in [1.165, 1.54) is 5.56 Å². The molecule has 3 aromatic rings. The van der Waals surface area contributed by atoms with Crippen LogP contribution in [0.25, 0.3) is 16.7 Å². The van der Waals surface area contributed by atoms with E-state index in [-0.39, 0.29) is 0 Å². The van der Waals surface area contributed by atoms with Gasteiger partial charge in [0.15, 0.2) is 0 Å². The molecule has 0 N–H and O–H groups in total. The molecule has 0 fully saturated rings. The highest BCUT2D eigenvalue weighted by Gasteiger charge is 2.22. The number of para-hydroxylation sites is 1. The minimum Gasteiger partial charge on any atom is -0.328 e. The summed E-state index contributed by atoms with van der Waals surface area (Å²) in [5, 5.41) is 0. The highest BCUT2D eigenvalue weighted by atomic mass is 16.1. The van der Waals surface area contributed by atoms with Gasteiger partial charge in [-0.1, -0.05) is 32.6 Å². The van der Waals surface area contributed by atoms with Gasteiger partial charge < -0.3 is 4.57 Å². The Kier molecular flexibility index (Phi) is 8.08. The summed E-state index contributed by atoms with van der Waals surface area (Å²) >= 11 is 0. The van der Waals surface area contributed by atoms with Crippen LogP contribution in [-0.2, 0) is 17.6 Å². The van der Waals surface area contributed by atoms with E-state index in [4.69, 9.17) is 4.98 Å². The van der Waals surface area contributed by atoms with Gasteiger partial charge in [-0.15, -0.1) is 0 Å². The minimum absolute atomic E-state index is 0.297. The Bertz CT molecular complexity index is 1230. The number of aromatic nitrogens is 2. The van der Waals surface area contributed by atoms with Crippen LogP contribution >= 0.6 is 0 Å². The first kappa shape index (κ1) is 25.4. The van der Waals surface area contributed by atoms with Crippen LogP contribution in [-0.4, -0.2) is 28.2 Å². The summed E-state index contributed by atoms with van der Waals surface area (Å²) in [6, 6.07) is 10.9. The van der Waals surface area contributed by atoms with Crippen molar-refractivity contribution in [2.45, 2.75) is 73.3 Å². The predicted octanol–water partition coefficient (Wildman–Crippen LogP) is 6.93. The molecule has 1 aromatic heterocycles. The maximum atomic E-state index is 12.4. The van der Waals surface area contributed by atoms with Gasteiger partial charge in [-0.25, -0.2) is 4.98 Å². The number of fused-ring (bicyclic) bond motifs is 1. The molecular weight excluding hydrogens is 420 g/mol. The molecular formula is C29H38N4O. The number of nitrogens with zero attached hydrogens (tertiary/aromatic N) is 4. The van der Waals surface area contributed by atoms with Crippen molar-refractivity contribution >= 4 is 34.0 Å². The Hall–Kier alpha value is -3.21. The third-order valence-corrected chi connectivity index (χ3v) is 6.45. The SMILES string of the molecule is C=C(c1cc(CC)c(CC(=O)CCC)cc1C)N(C(C)=NC)c1cccc2c1ncn2C(C)C. The Morgan fingerprint density at radius 1 is 1.21 bits per heavy atom. The Morgan fingerprint density at radius 2 is 1.94 bits per heavy atom. The summed E-state index contributed by atoms with van der Waals surface area (Å²) in [6.45, 7) is 17.1. The third kappa shape index (κ3) is 4.98. The fraction of sp³-hybridized carbons (Fsp3) is 0.414. The Balaban J connectivity index is 2.12. The van der Waals surface area contributed by atoms with E-state index in [0.29, 0.717) is 24.7 Å². The number of ketones is 1. The molecule has 2 aromatic carbocycles. The quantitative estimate of drug-likeness (QED) is 0.258. The summed E-state index contributed by atoms with van der Waals surface area (Å²) in [5.41, 5.74) is 8.32. The molecule has 0 amide bonds. The van der Waals surface area contributed by atoms with E-state index >= 15 is 0 Å². The molecule has 0 unspecified atom stereocenters. The maximum absolute atomic E-state index is 12.4. The molecule has 34 heavy (non-hydrogen) atoms. The standard InChI is InChI=1S/C29H38N4O/c1-9-12-25(34)16-24-15-20(5)26(17-23(24)10-2)21(6)33(22(7)30-8)28-14-11-13-27-29(28)31-18-32(27)19(3)4/h11,13-15,17-19H,6,9-10,12,16H2,1-5,7-8H3. The van der Waals surface area contributed by atoms with Crippen molar-refractivity contribution in [1.29, 1.82) is 0 Å². The number of rotatable bonds is 9. The van der Waals surface area contributed by atoms with Gasteiger partial charge in [0.2, 0.25) is 0 Å². The topological polar surface area (TPSA) is 50.5 Å². The van der Waals surface area contributed by atoms with Crippen LogP contribution in [0, 0.1) is 6.92 Å². The Morgan fingerprint density at radius 3 is 2.56 bits per heavy atom. The second-order valence-electron chi connectivity index (χ2n) is 9.20. The van der Waals surface area contributed by atoms with Gasteiger partial charge in [0.05, 0.1) is 17.5 Å². The van der Waals surface area contributed by atoms with Gasteiger partial charge in [-0.05, 0) is 75.4 Å². The van der Waals surface area contributed by atoms with Crippen molar-refractivity contribution in [2.75, 3.05) is 11.9 Å². The van der Waals surface area contributed by atoms with Crippen molar-refractivity contribution in [3.05, 3.63) is 65.5 Å². The van der Waals surface area contributed by atoms with Crippen molar-refractivity contribution in [2.24, 2.45) is 4.99 Å². The average Bonchev–Trinajstić information content (AvgIpc) is 3.24. The minimum atomic E-state index is 0.297. The number of amidine groups is 1. The molecule has 5 nitrogen and oxygen atoms in total. The van der Waals surface area contributed by atoms with Gasteiger partial charge in [-0.2, -0.15) is 0 Å². The van der Waals surface area contributed by atoms with Crippen LogP contribution in [0.2, 0.25) is 0 Å². The van der Waals surface area contributed by atoms with E-state index in [1.54, 1.807) is 7.05 Å². The largest absolute Gasteiger partial charge is 0.328 e. The van der Waals surface area contributed by atoms with Gasteiger partial charge in [0, 0.05) is 37.2 Å². The maximum Gasteiger partial charge on any atom is 0.137 e. The van der Waals surface area contributed by atoms with Gasteiger partial charge in [0.1, 0.15) is 17.1 Å². The molecule has 0 saturated heterocycles. The number of anilines is 1. The van der Waals surface area contributed by atoms with E-state index in [1.807, 2.05) is 20.2 Å². The molecule has 3 rings (SSSR count). The lowest BCUT2D eigenvalue weighted by Crippen LogP contribution is -2.27. The van der Waals surface area contributed by atoms with Crippen LogP contribution in [0.5, 0.6) is 0 Å². The monoisotopic (exact) mass is 458 g/mol. The second kappa shape index (κ2) is 10.8. The summed E-state index contributed by atoms with van der Waals surface area (Å²) in [4.78, 5) is 23.7. The van der Waals surface area contributed by atoms with Crippen LogP contribution in [0.4, 0.5) is 5.69 Å². The second-order valence-corrected chi connectivity index (χ2v) is 9.20. The number of aliphatic imine (C=N–C) groups is 1. The van der Waals surface area contributed by atoms with E-state index in [9.17, 15) is 4.79 Å². The zero-order chi connectivity index (χ0) is 25.0. The Labute approximate surface area is 204 Å². The number of hydrogen-bond acceptors (Lipinski definition) is 3. The lowest BCUT2D eigenvalue weighted by atomic mass is 9.92. The van der Waals surface area contributed by atoms with Gasteiger partial charge in [-0.3, -0.25) is 14.7 Å². The highest BCUT2D eigenvalue weighted by molar-refractivity contribution is 6.12. The van der Waals surface area contributed by atoms with Crippen LogP contribution < -0.4 is 4.90 Å². The molecule has 0 saturated carbocycles. The molecule has 1 heterocycles. The lowest BCUT2D eigenvalue weighted by molar-refractivity contribution is -0.118. The summed E-state index contributed by atoms with van der Waals surface area (Å²) < 4.78 is 2.18. The molecule has 0 atom stereocenters. The lowest BCUT2D eigenvalue weighted by Gasteiger charge is -2.28. The molecule has 5 heteroatoms. The van der Waals surface area contributed by atoms with Gasteiger partial charge >= 0.3 is 0 Å².